The molecule has 144 valence electrons. The zero-order chi connectivity index (χ0) is 18.9. The van der Waals surface area contributed by atoms with E-state index in [-0.39, 0.29) is 28.8 Å². The van der Waals surface area contributed by atoms with Gasteiger partial charge in [0, 0.05) is 12.3 Å². The first kappa shape index (κ1) is 18.1. The molecule has 0 aromatic rings. The average molecular weight is 360 g/mol. The van der Waals surface area contributed by atoms with E-state index in [1.54, 1.807) is 0 Å². The summed E-state index contributed by atoms with van der Waals surface area (Å²) in [6, 6.07) is 0. The first-order chi connectivity index (χ1) is 12.1. The van der Waals surface area contributed by atoms with Crippen LogP contribution in [0.1, 0.15) is 72.1 Å². The Bertz CT molecular complexity index is 669. The fraction of sp³-hybridized carbons (Fsp3) is 0.818. The van der Waals surface area contributed by atoms with E-state index in [1.165, 1.54) is 6.92 Å². The van der Waals surface area contributed by atoms with E-state index in [0.717, 1.165) is 56.9 Å². The third-order valence-corrected chi connectivity index (χ3v) is 8.95. The molecule has 0 unspecified atom stereocenters. The van der Waals surface area contributed by atoms with Crippen molar-refractivity contribution in [2.45, 2.75) is 78.2 Å². The van der Waals surface area contributed by atoms with Crippen LogP contribution in [0.4, 0.5) is 0 Å². The summed E-state index contributed by atoms with van der Waals surface area (Å²) in [6.07, 6.45) is 7.86. The Balaban J connectivity index is 1.77. The Morgan fingerprint density at radius 1 is 1.12 bits per heavy atom. The molecule has 0 aromatic carbocycles. The van der Waals surface area contributed by atoms with Gasteiger partial charge in [-0.25, -0.2) is 0 Å². The molecule has 0 radical (unpaired) electrons. The third-order valence-electron chi connectivity index (χ3n) is 8.95. The minimum atomic E-state index is -0.634. The van der Waals surface area contributed by atoms with Crippen LogP contribution in [0.25, 0.3) is 0 Å². The van der Waals surface area contributed by atoms with Gasteiger partial charge in [-0.1, -0.05) is 19.9 Å². The van der Waals surface area contributed by atoms with Crippen LogP contribution in [0.15, 0.2) is 12.2 Å². The second-order valence-electron chi connectivity index (χ2n) is 10.0. The van der Waals surface area contributed by atoms with Crippen molar-refractivity contribution < 1.29 is 19.4 Å². The van der Waals surface area contributed by atoms with Gasteiger partial charge in [-0.05, 0) is 80.6 Å². The van der Waals surface area contributed by atoms with Gasteiger partial charge in [0.1, 0.15) is 6.10 Å². The summed E-state index contributed by atoms with van der Waals surface area (Å²) >= 11 is 0. The topological polar surface area (TPSA) is 63.6 Å². The van der Waals surface area contributed by atoms with Gasteiger partial charge in [-0.15, -0.1) is 0 Å². The molecule has 0 aliphatic heterocycles. The molecular weight excluding hydrogens is 328 g/mol. The number of rotatable bonds is 2. The third kappa shape index (κ3) is 2.13. The highest BCUT2D eigenvalue weighted by atomic mass is 16.5. The first-order valence-electron chi connectivity index (χ1n) is 10.2. The van der Waals surface area contributed by atoms with E-state index in [9.17, 15) is 14.7 Å². The number of ether oxygens (including phenoxy) is 1. The van der Waals surface area contributed by atoms with Crippen molar-refractivity contribution in [2.75, 3.05) is 0 Å². The van der Waals surface area contributed by atoms with E-state index < -0.39 is 11.4 Å². The Morgan fingerprint density at radius 2 is 1.85 bits per heavy atom. The van der Waals surface area contributed by atoms with Crippen molar-refractivity contribution in [2.24, 2.45) is 34.0 Å². The number of hydrogen-bond donors (Lipinski definition) is 1. The molecule has 0 aromatic heterocycles. The molecule has 1 spiro atoms. The minimum absolute atomic E-state index is 0.0115. The van der Waals surface area contributed by atoms with Crippen LogP contribution in [-0.4, -0.2) is 23.1 Å². The van der Waals surface area contributed by atoms with Crippen LogP contribution in [0, 0.1) is 34.0 Å². The number of carboxylic acids is 1. The molecule has 0 heterocycles. The molecule has 4 aliphatic carbocycles. The number of esters is 1. The number of carboxylic acid groups (broad SMARTS) is 1. The highest BCUT2D eigenvalue weighted by Crippen LogP contribution is 2.72. The lowest BCUT2D eigenvalue weighted by molar-refractivity contribution is -0.195. The molecule has 4 aliphatic rings. The number of fused-ring (bicyclic) bond motifs is 3. The quantitative estimate of drug-likeness (QED) is 0.578. The summed E-state index contributed by atoms with van der Waals surface area (Å²) in [5.74, 6) is 0.242. The van der Waals surface area contributed by atoms with Gasteiger partial charge in [0.2, 0.25) is 0 Å². The molecular formula is C22H32O4. The molecule has 4 rings (SSSR count). The van der Waals surface area contributed by atoms with E-state index in [4.69, 9.17) is 4.74 Å². The SMILES string of the molecule is C=C1[C@H]2CC[C@H]3[C@@]4(C)CCC[C@@](C)(C(=O)O)[C@H]4CC[C@@]3(C2)[C@@H]1OC(C)=O. The van der Waals surface area contributed by atoms with Gasteiger partial charge in [0.25, 0.3) is 0 Å². The summed E-state index contributed by atoms with van der Waals surface area (Å²) in [4.78, 5) is 24.0. The van der Waals surface area contributed by atoms with Crippen molar-refractivity contribution >= 4 is 11.9 Å². The minimum Gasteiger partial charge on any atom is -0.481 e. The zero-order valence-electron chi connectivity index (χ0n) is 16.3. The summed E-state index contributed by atoms with van der Waals surface area (Å²) in [7, 11) is 0. The van der Waals surface area contributed by atoms with Gasteiger partial charge in [0.05, 0.1) is 5.41 Å². The lowest BCUT2D eigenvalue weighted by Gasteiger charge is -2.63. The summed E-state index contributed by atoms with van der Waals surface area (Å²) < 4.78 is 5.87. The van der Waals surface area contributed by atoms with Crippen LogP contribution >= 0.6 is 0 Å². The lowest BCUT2D eigenvalue weighted by atomic mass is 9.40. The Morgan fingerprint density at radius 3 is 2.50 bits per heavy atom. The number of carbonyl (C=O) groups is 2. The van der Waals surface area contributed by atoms with Crippen molar-refractivity contribution in [3.63, 3.8) is 0 Å². The fourth-order valence-electron chi connectivity index (χ4n) is 7.95. The van der Waals surface area contributed by atoms with E-state index >= 15 is 0 Å². The van der Waals surface area contributed by atoms with Crippen molar-refractivity contribution in [1.29, 1.82) is 0 Å². The second kappa shape index (κ2) is 5.59. The number of aliphatic carboxylic acids is 1. The molecule has 4 nitrogen and oxygen atoms in total. The van der Waals surface area contributed by atoms with Crippen LogP contribution in [-0.2, 0) is 14.3 Å². The van der Waals surface area contributed by atoms with Crippen LogP contribution in [0.2, 0.25) is 0 Å². The lowest BCUT2D eigenvalue weighted by Crippen LogP contribution is -2.60. The molecule has 4 heteroatoms. The maximum Gasteiger partial charge on any atom is 0.309 e. The smallest absolute Gasteiger partial charge is 0.309 e. The van der Waals surface area contributed by atoms with Crippen molar-refractivity contribution in [1.82, 2.24) is 0 Å². The molecule has 4 fully saturated rings. The van der Waals surface area contributed by atoms with Gasteiger partial charge in [-0.2, -0.15) is 0 Å². The van der Waals surface area contributed by atoms with Gasteiger partial charge in [-0.3, -0.25) is 9.59 Å². The first-order valence-corrected chi connectivity index (χ1v) is 10.2. The maximum absolute atomic E-state index is 12.2. The summed E-state index contributed by atoms with van der Waals surface area (Å²) in [6.45, 7) is 10.1. The Labute approximate surface area is 156 Å². The van der Waals surface area contributed by atoms with Crippen molar-refractivity contribution in [3.8, 4) is 0 Å². The number of hydrogen-bond acceptors (Lipinski definition) is 3. The monoisotopic (exact) mass is 360 g/mol. The molecule has 0 saturated heterocycles. The highest BCUT2D eigenvalue weighted by molar-refractivity contribution is 5.75. The maximum atomic E-state index is 12.2. The second-order valence-corrected chi connectivity index (χ2v) is 10.0. The van der Waals surface area contributed by atoms with E-state index in [1.807, 2.05) is 6.92 Å². The fourth-order valence-corrected chi connectivity index (χ4v) is 7.95. The van der Waals surface area contributed by atoms with Gasteiger partial charge in [0.15, 0.2) is 0 Å². The normalized spacial score (nSPS) is 49.9. The Hall–Kier alpha value is -1.32. The highest BCUT2D eigenvalue weighted by Gasteiger charge is 2.68. The molecule has 2 bridgehead atoms. The molecule has 26 heavy (non-hydrogen) atoms. The summed E-state index contributed by atoms with van der Waals surface area (Å²) in [5.41, 5.74) is 0.477. The predicted molar refractivity (Wildman–Crippen MR) is 98.4 cm³/mol. The average Bonchev–Trinajstić information content (AvgIpc) is 2.75. The van der Waals surface area contributed by atoms with Crippen molar-refractivity contribution in [3.05, 3.63) is 12.2 Å². The molecule has 7 atom stereocenters. The number of carbonyl (C=O) groups excluding carboxylic acids is 1. The predicted octanol–water partition coefficient (Wildman–Crippen LogP) is 4.58. The largest absolute Gasteiger partial charge is 0.481 e. The molecule has 1 N–H and O–H groups in total. The van der Waals surface area contributed by atoms with Crippen LogP contribution < -0.4 is 0 Å². The van der Waals surface area contributed by atoms with Crippen LogP contribution in [0.3, 0.4) is 0 Å². The zero-order valence-corrected chi connectivity index (χ0v) is 16.3. The standard InChI is InChI=1S/C22H32O4/c1-13-15-6-7-17-20(3)9-5-10-21(4,19(24)25)16(20)8-11-22(17,12-15)18(13)26-14(2)23/h15-18H,1,5-12H2,2-4H3,(H,24,25)/t15-,16-,17-,18+,20-,21+,22-/m0/s1. The van der Waals surface area contributed by atoms with E-state index in [2.05, 4.69) is 13.5 Å². The van der Waals surface area contributed by atoms with Gasteiger partial charge >= 0.3 is 11.9 Å². The Kier molecular flexibility index (Phi) is 3.88. The summed E-state index contributed by atoms with van der Waals surface area (Å²) in [5, 5.41) is 10.0. The molecule has 4 saturated carbocycles. The van der Waals surface area contributed by atoms with Gasteiger partial charge < -0.3 is 9.84 Å². The van der Waals surface area contributed by atoms with E-state index in [0.29, 0.717) is 11.8 Å². The molecule has 0 amide bonds. The van der Waals surface area contributed by atoms with Crippen LogP contribution in [0.5, 0.6) is 0 Å².